The molecular formula is C12H16B2O10. The lowest BCUT2D eigenvalue weighted by Crippen LogP contribution is -2.71. The Morgan fingerprint density at radius 1 is 0.625 bits per heavy atom. The molecule has 0 amide bonds. The van der Waals surface area contributed by atoms with Gasteiger partial charge >= 0.3 is 14.0 Å². The molecule has 6 aliphatic heterocycles. The molecular weight excluding hydrogens is 326 g/mol. The van der Waals surface area contributed by atoms with E-state index < -0.39 is 63.2 Å². The average Bonchev–Trinajstić information content (AvgIpc) is 3.20. The van der Waals surface area contributed by atoms with Crippen molar-refractivity contribution in [2.75, 3.05) is 13.2 Å². The molecule has 6 heterocycles. The Morgan fingerprint density at radius 2 is 1.04 bits per heavy atom. The number of rotatable bonds is 1. The summed E-state index contributed by atoms with van der Waals surface area (Å²) in [6, 6.07) is 0. The quantitative estimate of drug-likeness (QED) is 0.474. The van der Waals surface area contributed by atoms with E-state index in [9.17, 15) is 10.2 Å². The lowest BCUT2D eigenvalue weighted by atomic mass is 9.46. The molecule has 24 heavy (non-hydrogen) atoms. The van der Waals surface area contributed by atoms with Gasteiger partial charge in [0.2, 0.25) is 0 Å². The molecule has 10 atom stereocenters. The first-order valence-corrected chi connectivity index (χ1v) is 8.21. The van der Waals surface area contributed by atoms with Gasteiger partial charge in [-0.15, -0.1) is 0 Å². The summed E-state index contributed by atoms with van der Waals surface area (Å²) in [5.41, 5.74) is 0. The van der Waals surface area contributed by atoms with E-state index in [1.54, 1.807) is 0 Å². The SMILES string of the molecule is O[C@H]1C2OB(B3OC4[C@@H]5OC[C@H](O5)[C@H](O3)[C@@H]4O)OC1[C@H]1OCC2O1. The molecule has 0 aromatic carbocycles. The maximum atomic E-state index is 10.3. The molecule has 6 rings (SSSR count). The van der Waals surface area contributed by atoms with E-state index >= 15 is 0 Å². The maximum absolute atomic E-state index is 10.3. The second kappa shape index (κ2) is 5.13. The zero-order valence-corrected chi connectivity index (χ0v) is 12.5. The van der Waals surface area contributed by atoms with E-state index in [-0.39, 0.29) is 12.2 Å². The average molecular weight is 342 g/mol. The van der Waals surface area contributed by atoms with Gasteiger partial charge in [0.1, 0.15) is 36.6 Å². The van der Waals surface area contributed by atoms with E-state index in [0.717, 1.165) is 0 Å². The first-order chi connectivity index (χ1) is 11.7. The van der Waals surface area contributed by atoms with Gasteiger partial charge in [0.25, 0.3) is 0 Å². The van der Waals surface area contributed by atoms with Crippen molar-refractivity contribution in [1.82, 2.24) is 0 Å². The highest BCUT2D eigenvalue weighted by Gasteiger charge is 2.64. The Labute approximate surface area is 137 Å². The second-order valence-electron chi connectivity index (χ2n) is 6.87. The summed E-state index contributed by atoms with van der Waals surface area (Å²) in [6.07, 6.45) is -6.08. The normalized spacial score (nSPS) is 58.2. The van der Waals surface area contributed by atoms with Crippen molar-refractivity contribution in [3.63, 3.8) is 0 Å². The summed E-state index contributed by atoms with van der Waals surface area (Å²) >= 11 is 0. The van der Waals surface area contributed by atoms with Crippen molar-refractivity contribution in [2.24, 2.45) is 0 Å². The van der Waals surface area contributed by atoms with Crippen molar-refractivity contribution in [2.45, 2.75) is 61.4 Å². The van der Waals surface area contributed by atoms with Gasteiger partial charge in [0.05, 0.1) is 25.4 Å². The van der Waals surface area contributed by atoms with Crippen LogP contribution in [0.15, 0.2) is 0 Å². The monoisotopic (exact) mass is 342 g/mol. The fraction of sp³-hybridized carbons (Fsp3) is 1.00. The van der Waals surface area contributed by atoms with Crippen LogP contribution in [0.4, 0.5) is 0 Å². The fourth-order valence-electron chi connectivity index (χ4n) is 4.27. The minimum Gasteiger partial charge on any atom is -0.405 e. The minimum atomic E-state index is -0.853. The molecule has 130 valence electrons. The van der Waals surface area contributed by atoms with E-state index in [1.807, 2.05) is 0 Å². The number of aliphatic hydroxyl groups is 2. The summed E-state index contributed by atoms with van der Waals surface area (Å²) < 4.78 is 45.5. The number of hydrogen-bond acceptors (Lipinski definition) is 10. The van der Waals surface area contributed by atoms with Gasteiger partial charge in [-0.25, -0.2) is 0 Å². The van der Waals surface area contributed by atoms with Crippen molar-refractivity contribution in [3.05, 3.63) is 0 Å². The van der Waals surface area contributed by atoms with Crippen LogP contribution in [0.5, 0.6) is 0 Å². The first-order valence-electron chi connectivity index (χ1n) is 8.21. The van der Waals surface area contributed by atoms with Crippen molar-refractivity contribution in [1.29, 1.82) is 0 Å². The third kappa shape index (κ3) is 1.92. The predicted octanol–water partition coefficient (Wildman–Crippen LogP) is -3.16. The summed E-state index contributed by atoms with van der Waals surface area (Å²) in [6.45, 7) is 0.697. The standard InChI is InChI=1S/C12H16B2O10/c15-5-7-3-1-17-11(19-3)9(5)23-13(21-7)14-22-8-4-2-18-12(20-4)10(24-14)6(8)16/h3-12,15-16H,1-2H2/t3-,4?,5-,6-,7-,8?,9?,10?,11+,12-/m0/s1. The summed E-state index contributed by atoms with van der Waals surface area (Å²) in [5, 5.41) is 20.6. The van der Waals surface area contributed by atoms with Crippen LogP contribution in [0, 0.1) is 0 Å². The lowest BCUT2D eigenvalue weighted by molar-refractivity contribution is -0.253. The van der Waals surface area contributed by atoms with Gasteiger partial charge in [0.15, 0.2) is 12.6 Å². The number of ether oxygens (including phenoxy) is 4. The van der Waals surface area contributed by atoms with Crippen LogP contribution in [0.1, 0.15) is 0 Å². The largest absolute Gasteiger partial charge is 0.488 e. The maximum Gasteiger partial charge on any atom is 0.488 e. The van der Waals surface area contributed by atoms with Crippen LogP contribution in [-0.2, 0) is 37.6 Å². The predicted molar refractivity (Wildman–Crippen MR) is 72.2 cm³/mol. The van der Waals surface area contributed by atoms with Crippen LogP contribution in [0.3, 0.4) is 0 Å². The van der Waals surface area contributed by atoms with Crippen molar-refractivity contribution >= 4 is 14.0 Å². The van der Waals surface area contributed by atoms with Crippen molar-refractivity contribution < 1.29 is 47.8 Å². The molecule has 0 aromatic rings. The summed E-state index contributed by atoms with van der Waals surface area (Å²) in [7, 11) is -1.71. The minimum absolute atomic E-state index is 0.343. The molecule has 10 nitrogen and oxygen atoms in total. The third-order valence-electron chi connectivity index (χ3n) is 5.47. The molecule has 0 saturated carbocycles. The Morgan fingerprint density at radius 3 is 1.50 bits per heavy atom. The first kappa shape index (κ1) is 14.9. The van der Waals surface area contributed by atoms with Gasteiger partial charge in [-0.1, -0.05) is 0 Å². The lowest BCUT2D eigenvalue weighted by Gasteiger charge is -2.48. The molecule has 0 aromatic heterocycles. The van der Waals surface area contributed by atoms with E-state index in [2.05, 4.69) is 0 Å². The van der Waals surface area contributed by atoms with Gasteiger partial charge in [-0.3, -0.25) is 0 Å². The molecule has 6 fully saturated rings. The molecule has 6 aliphatic rings. The highest BCUT2D eigenvalue weighted by molar-refractivity contribution is 7.10. The fourth-order valence-corrected chi connectivity index (χ4v) is 4.27. The Hall–Kier alpha value is -0.270. The van der Waals surface area contributed by atoms with Gasteiger partial charge in [0, 0.05) is 0 Å². The van der Waals surface area contributed by atoms with Crippen LogP contribution in [0.25, 0.3) is 0 Å². The Balaban J connectivity index is 1.25. The number of hydrogen-bond donors (Lipinski definition) is 2. The molecule has 0 radical (unpaired) electrons. The molecule has 4 unspecified atom stereocenters. The van der Waals surface area contributed by atoms with Crippen LogP contribution in [-0.4, -0.2) is 98.9 Å². The Bertz CT molecular complexity index is 454. The molecule has 2 N–H and O–H groups in total. The molecule has 0 spiro atoms. The summed E-state index contributed by atoms with van der Waals surface area (Å²) in [4.78, 5) is 0. The van der Waals surface area contributed by atoms with Crippen molar-refractivity contribution in [3.8, 4) is 0 Å². The van der Waals surface area contributed by atoms with E-state index in [4.69, 9.17) is 37.6 Å². The number of aliphatic hydroxyl groups excluding tert-OH is 2. The van der Waals surface area contributed by atoms with Gasteiger partial charge < -0.3 is 47.8 Å². The second-order valence-corrected chi connectivity index (χ2v) is 6.87. The van der Waals surface area contributed by atoms with Crippen LogP contribution < -0.4 is 0 Å². The topological polar surface area (TPSA) is 114 Å². The number of fused-ring (bicyclic) bond motifs is 12. The molecule has 6 saturated heterocycles. The highest BCUT2D eigenvalue weighted by atomic mass is 16.8. The van der Waals surface area contributed by atoms with Crippen LogP contribution in [0.2, 0.25) is 0 Å². The van der Waals surface area contributed by atoms with E-state index in [0.29, 0.717) is 13.2 Å². The molecule has 0 aliphatic carbocycles. The Kier molecular flexibility index (Phi) is 3.18. The molecule has 12 heteroatoms. The third-order valence-corrected chi connectivity index (χ3v) is 5.47. The zero-order valence-electron chi connectivity index (χ0n) is 12.5. The smallest absolute Gasteiger partial charge is 0.405 e. The molecule has 8 bridgehead atoms. The summed E-state index contributed by atoms with van der Waals surface area (Å²) in [5.74, 6) is 0. The zero-order chi connectivity index (χ0) is 16.0. The van der Waals surface area contributed by atoms with Crippen LogP contribution >= 0.6 is 0 Å². The highest BCUT2D eigenvalue weighted by Crippen LogP contribution is 2.40. The van der Waals surface area contributed by atoms with E-state index in [1.165, 1.54) is 0 Å². The van der Waals surface area contributed by atoms with Gasteiger partial charge in [-0.05, 0) is 0 Å². The van der Waals surface area contributed by atoms with Gasteiger partial charge in [-0.2, -0.15) is 0 Å².